The standard InChI is InChI=1S/C10H12O2/c1-2-12-10(11)9-6-7-3-4-8(9)5-7/h3-4,6-8H,2,5H2,1H3/t7-,8+/m1/s1. The number of fused-ring (bicyclic) bond motifs is 2. The summed E-state index contributed by atoms with van der Waals surface area (Å²) in [4.78, 5) is 11.3. The predicted molar refractivity (Wildman–Crippen MR) is 45.5 cm³/mol. The summed E-state index contributed by atoms with van der Waals surface area (Å²) in [5.74, 6) is 0.706. The highest BCUT2D eigenvalue weighted by Crippen LogP contribution is 2.38. The maximum atomic E-state index is 11.3. The van der Waals surface area contributed by atoms with Gasteiger partial charge in [0.1, 0.15) is 0 Å². The Hall–Kier alpha value is -1.05. The van der Waals surface area contributed by atoms with E-state index in [9.17, 15) is 4.79 Å². The van der Waals surface area contributed by atoms with Gasteiger partial charge in [0.25, 0.3) is 0 Å². The molecule has 0 aliphatic heterocycles. The van der Waals surface area contributed by atoms with E-state index in [-0.39, 0.29) is 5.97 Å². The van der Waals surface area contributed by atoms with Gasteiger partial charge < -0.3 is 4.74 Å². The molecule has 2 rings (SSSR count). The average molecular weight is 164 g/mol. The first-order valence-corrected chi connectivity index (χ1v) is 4.38. The normalized spacial score (nSPS) is 30.6. The molecule has 0 amide bonds. The van der Waals surface area contributed by atoms with E-state index in [1.54, 1.807) is 0 Å². The van der Waals surface area contributed by atoms with Crippen LogP contribution in [0.5, 0.6) is 0 Å². The Bertz CT molecular complexity index is 263. The van der Waals surface area contributed by atoms with Crippen LogP contribution < -0.4 is 0 Å². The molecule has 12 heavy (non-hydrogen) atoms. The number of hydrogen-bond acceptors (Lipinski definition) is 2. The monoisotopic (exact) mass is 164 g/mol. The molecule has 0 aromatic carbocycles. The van der Waals surface area contributed by atoms with Gasteiger partial charge in [0, 0.05) is 11.5 Å². The molecule has 2 aliphatic carbocycles. The second-order valence-corrected chi connectivity index (χ2v) is 3.23. The van der Waals surface area contributed by atoms with Crippen LogP contribution in [0.25, 0.3) is 0 Å². The SMILES string of the molecule is CCOC(=O)C1=C[C@@H]2C=C[C@H]1C2. The third-order valence-electron chi connectivity index (χ3n) is 2.42. The summed E-state index contributed by atoms with van der Waals surface area (Å²) in [5.41, 5.74) is 0.865. The first kappa shape index (κ1) is 7.59. The van der Waals surface area contributed by atoms with Crippen molar-refractivity contribution < 1.29 is 9.53 Å². The van der Waals surface area contributed by atoms with Crippen LogP contribution in [0.2, 0.25) is 0 Å². The molecule has 2 atom stereocenters. The van der Waals surface area contributed by atoms with Gasteiger partial charge >= 0.3 is 5.97 Å². The summed E-state index contributed by atoms with van der Waals surface area (Å²) in [6.07, 6.45) is 7.38. The number of allylic oxidation sites excluding steroid dienone is 3. The Morgan fingerprint density at radius 1 is 1.67 bits per heavy atom. The Kier molecular flexibility index (Phi) is 1.75. The van der Waals surface area contributed by atoms with Crippen LogP contribution in [0.15, 0.2) is 23.8 Å². The van der Waals surface area contributed by atoms with Gasteiger partial charge in [-0.3, -0.25) is 0 Å². The number of hydrogen-bond donors (Lipinski definition) is 0. The summed E-state index contributed by atoms with van der Waals surface area (Å²) in [5, 5.41) is 0. The van der Waals surface area contributed by atoms with E-state index < -0.39 is 0 Å². The highest BCUT2D eigenvalue weighted by molar-refractivity contribution is 5.90. The smallest absolute Gasteiger partial charge is 0.334 e. The van der Waals surface area contributed by atoms with Crippen LogP contribution in [-0.4, -0.2) is 12.6 Å². The molecule has 2 bridgehead atoms. The van der Waals surface area contributed by atoms with Crippen molar-refractivity contribution in [3.05, 3.63) is 23.8 Å². The molecule has 0 heterocycles. The third-order valence-corrected chi connectivity index (χ3v) is 2.42. The summed E-state index contributed by atoms with van der Waals surface area (Å²) in [7, 11) is 0. The predicted octanol–water partition coefficient (Wildman–Crippen LogP) is 1.68. The summed E-state index contributed by atoms with van der Waals surface area (Å²) < 4.78 is 4.94. The van der Waals surface area contributed by atoms with Gasteiger partial charge in [0.2, 0.25) is 0 Å². The van der Waals surface area contributed by atoms with Crippen LogP contribution in [-0.2, 0) is 9.53 Å². The summed E-state index contributed by atoms with van der Waals surface area (Å²) in [6.45, 7) is 2.30. The van der Waals surface area contributed by atoms with E-state index in [0.717, 1.165) is 12.0 Å². The zero-order chi connectivity index (χ0) is 8.55. The minimum absolute atomic E-state index is 0.130. The molecule has 0 radical (unpaired) electrons. The maximum absolute atomic E-state index is 11.3. The number of rotatable bonds is 2. The molecular formula is C10H12O2. The van der Waals surface area contributed by atoms with Crippen molar-refractivity contribution >= 4 is 5.97 Å². The molecule has 0 saturated heterocycles. The fourth-order valence-corrected chi connectivity index (χ4v) is 1.87. The fraction of sp³-hybridized carbons (Fsp3) is 0.500. The van der Waals surface area contributed by atoms with Crippen molar-refractivity contribution in [2.75, 3.05) is 6.61 Å². The zero-order valence-electron chi connectivity index (χ0n) is 7.12. The first-order valence-electron chi connectivity index (χ1n) is 4.38. The Morgan fingerprint density at radius 2 is 2.50 bits per heavy atom. The lowest BCUT2D eigenvalue weighted by atomic mass is 10.0. The lowest BCUT2D eigenvalue weighted by molar-refractivity contribution is -0.138. The minimum Gasteiger partial charge on any atom is -0.463 e. The molecule has 0 fully saturated rings. The lowest BCUT2D eigenvalue weighted by Gasteiger charge is -2.07. The van der Waals surface area contributed by atoms with Crippen LogP contribution in [0.1, 0.15) is 13.3 Å². The van der Waals surface area contributed by atoms with Crippen LogP contribution >= 0.6 is 0 Å². The van der Waals surface area contributed by atoms with Crippen molar-refractivity contribution in [1.29, 1.82) is 0 Å². The maximum Gasteiger partial charge on any atom is 0.334 e. The van der Waals surface area contributed by atoms with E-state index in [4.69, 9.17) is 4.74 Å². The number of esters is 1. The summed E-state index contributed by atoms with van der Waals surface area (Å²) >= 11 is 0. The topological polar surface area (TPSA) is 26.3 Å². The van der Waals surface area contributed by atoms with E-state index in [0.29, 0.717) is 18.4 Å². The molecule has 0 spiro atoms. The zero-order valence-corrected chi connectivity index (χ0v) is 7.12. The Morgan fingerprint density at radius 3 is 3.00 bits per heavy atom. The second kappa shape index (κ2) is 2.77. The van der Waals surface area contributed by atoms with Crippen molar-refractivity contribution in [3.63, 3.8) is 0 Å². The average Bonchev–Trinajstić information content (AvgIpc) is 2.64. The van der Waals surface area contributed by atoms with Crippen molar-refractivity contribution in [2.45, 2.75) is 13.3 Å². The van der Waals surface area contributed by atoms with Crippen molar-refractivity contribution in [2.24, 2.45) is 11.8 Å². The van der Waals surface area contributed by atoms with Gasteiger partial charge in [0.15, 0.2) is 0 Å². The molecule has 0 aromatic rings. The van der Waals surface area contributed by atoms with E-state index >= 15 is 0 Å². The largest absolute Gasteiger partial charge is 0.463 e. The molecule has 64 valence electrons. The van der Waals surface area contributed by atoms with Gasteiger partial charge in [-0.25, -0.2) is 4.79 Å². The number of carbonyl (C=O) groups is 1. The molecule has 2 aliphatic rings. The quantitative estimate of drug-likeness (QED) is 0.458. The molecular weight excluding hydrogens is 152 g/mol. The van der Waals surface area contributed by atoms with Gasteiger partial charge in [-0.1, -0.05) is 18.2 Å². The molecule has 0 aromatic heterocycles. The highest BCUT2D eigenvalue weighted by atomic mass is 16.5. The van der Waals surface area contributed by atoms with E-state index in [1.807, 2.05) is 13.0 Å². The Labute approximate surface area is 71.9 Å². The first-order chi connectivity index (χ1) is 5.81. The Balaban J connectivity index is 2.07. The van der Waals surface area contributed by atoms with Gasteiger partial charge in [0.05, 0.1) is 6.61 Å². The minimum atomic E-state index is -0.130. The van der Waals surface area contributed by atoms with Gasteiger partial charge in [-0.15, -0.1) is 0 Å². The second-order valence-electron chi connectivity index (χ2n) is 3.23. The van der Waals surface area contributed by atoms with Crippen molar-refractivity contribution in [1.82, 2.24) is 0 Å². The van der Waals surface area contributed by atoms with Gasteiger partial charge in [-0.05, 0) is 19.3 Å². The van der Waals surface area contributed by atoms with Crippen LogP contribution in [0, 0.1) is 11.8 Å². The third kappa shape index (κ3) is 1.07. The molecule has 0 unspecified atom stereocenters. The van der Waals surface area contributed by atoms with Crippen LogP contribution in [0.4, 0.5) is 0 Å². The van der Waals surface area contributed by atoms with E-state index in [1.165, 1.54) is 0 Å². The molecule has 0 N–H and O–H groups in total. The van der Waals surface area contributed by atoms with Crippen molar-refractivity contribution in [3.8, 4) is 0 Å². The van der Waals surface area contributed by atoms with Gasteiger partial charge in [-0.2, -0.15) is 0 Å². The molecule has 0 saturated carbocycles. The lowest BCUT2D eigenvalue weighted by Crippen LogP contribution is -2.11. The van der Waals surface area contributed by atoms with E-state index in [2.05, 4.69) is 12.2 Å². The molecule has 2 nitrogen and oxygen atoms in total. The fourth-order valence-electron chi connectivity index (χ4n) is 1.87. The number of ether oxygens (including phenoxy) is 1. The number of carbonyl (C=O) groups excluding carboxylic acids is 1. The highest BCUT2D eigenvalue weighted by Gasteiger charge is 2.32. The summed E-state index contributed by atoms with van der Waals surface area (Å²) in [6, 6.07) is 0. The molecule has 2 heteroatoms. The van der Waals surface area contributed by atoms with Crippen LogP contribution in [0.3, 0.4) is 0 Å².